The van der Waals surface area contributed by atoms with Gasteiger partial charge in [-0.25, -0.2) is 0 Å². The van der Waals surface area contributed by atoms with Gasteiger partial charge in [-0.05, 0) is 32.4 Å². The summed E-state index contributed by atoms with van der Waals surface area (Å²) < 4.78 is 11.0. The fourth-order valence-corrected chi connectivity index (χ4v) is 2.09. The molecule has 1 unspecified atom stereocenters. The van der Waals surface area contributed by atoms with Crippen LogP contribution in [0.5, 0.6) is 0 Å². The number of hydrogen-bond donors (Lipinski definition) is 1. The highest BCUT2D eigenvalue weighted by molar-refractivity contribution is 6.33. The number of anilines is 1. The number of rotatable bonds is 5. The zero-order chi connectivity index (χ0) is 14.8. The third-order valence-electron chi connectivity index (χ3n) is 3.32. The number of para-hydroxylation sites is 1. The number of nitrogen functional groups attached to an aromatic ring is 1. The molecule has 6 heteroatoms. The van der Waals surface area contributed by atoms with Gasteiger partial charge < -0.3 is 15.0 Å². The largest absolute Gasteiger partial charge is 0.397 e. The standard InChI is InChI=1S/C14H18ClN3O2/c1-4-14(3,19-5-2)13-17-12(20-18-13)9-7-6-8-10(15)11(9)16/h6-8H,4-5,16H2,1-3H3. The molecule has 108 valence electrons. The summed E-state index contributed by atoms with van der Waals surface area (Å²) in [4.78, 5) is 4.40. The summed E-state index contributed by atoms with van der Waals surface area (Å²) in [7, 11) is 0. The molecule has 2 aromatic rings. The fourth-order valence-electron chi connectivity index (χ4n) is 1.91. The Kier molecular flexibility index (Phi) is 4.30. The predicted molar refractivity (Wildman–Crippen MR) is 78.4 cm³/mol. The van der Waals surface area contributed by atoms with Crippen LogP contribution in [0.25, 0.3) is 11.5 Å². The number of aromatic nitrogens is 2. The first-order valence-corrected chi connectivity index (χ1v) is 6.92. The van der Waals surface area contributed by atoms with E-state index in [1.165, 1.54) is 0 Å². The summed E-state index contributed by atoms with van der Waals surface area (Å²) in [5.41, 5.74) is 6.43. The van der Waals surface area contributed by atoms with E-state index < -0.39 is 5.60 Å². The number of halogens is 1. The van der Waals surface area contributed by atoms with Gasteiger partial charge in [0.1, 0.15) is 5.60 Å². The topological polar surface area (TPSA) is 74.2 Å². The highest BCUT2D eigenvalue weighted by Gasteiger charge is 2.31. The van der Waals surface area contributed by atoms with Gasteiger partial charge in [0, 0.05) is 6.61 Å². The van der Waals surface area contributed by atoms with Crippen molar-refractivity contribution in [3.8, 4) is 11.5 Å². The van der Waals surface area contributed by atoms with Gasteiger partial charge in [-0.1, -0.05) is 29.7 Å². The Morgan fingerprint density at radius 2 is 2.15 bits per heavy atom. The molecule has 0 fully saturated rings. The molecule has 0 radical (unpaired) electrons. The van der Waals surface area contributed by atoms with Crippen molar-refractivity contribution in [2.75, 3.05) is 12.3 Å². The monoisotopic (exact) mass is 295 g/mol. The van der Waals surface area contributed by atoms with Crippen LogP contribution in [0.1, 0.15) is 33.0 Å². The minimum atomic E-state index is -0.566. The lowest BCUT2D eigenvalue weighted by Crippen LogP contribution is -2.26. The average Bonchev–Trinajstić information content (AvgIpc) is 2.92. The SMILES string of the molecule is CCOC(C)(CC)c1noc(-c2cccc(Cl)c2N)n1. The Bertz CT molecular complexity index is 600. The Hall–Kier alpha value is -1.59. The zero-order valence-electron chi connectivity index (χ0n) is 11.8. The smallest absolute Gasteiger partial charge is 0.260 e. The molecule has 20 heavy (non-hydrogen) atoms. The average molecular weight is 296 g/mol. The lowest BCUT2D eigenvalue weighted by molar-refractivity contribution is -0.0403. The number of ether oxygens (including phenoxy) is 1. The van der Waals surface area contributed by atoms with Crippen molar-refractivity contribution in [2.45, 2.75) is 32.8 Å². The van der Waals surface area contributed by atoms with Crippen LogP contribution in [-0.2, 0) is 10.3 Å². The Morgan fingerprint density at radius 1 is 1.40 bits per heavy atom. The van der Waals surface area contributed by atoms with Gasteiger partial charge >= 0.3 is 0 Å². The molecule has 1 atom stereocenters. The van der Waals surface area contributed by atoms with Crippen molar-refractivity contribution >= 4 is 17.3 Å². The van der Waals surface area contributed by atoms with Crippen molar-refractivity contribution in [1.29, 1.82) is 0 Å². The van der Waals surface area contributed by atoms with Crippen molar-refractivity contribution in [1.82, 2.24) is 10.1 Å². The number of nitrogens with two attached hydrogens (primary N) is 1. The number of nitrogens with zero attached hydrogens (tertiary/aromatic N) is 2. The van der Waals surface area contributed by atoms with Gasteiger partial charge in [-0.15, -0.1) is 0 Å². The van der Waals surface area contributed by atoms with Gasteiger partial charge in [0.15, 0.2) is 0 Å². The molecule has 2 rings (SSSR count). The maximum atomic E-state index is 6.00. The minimum Gasteiger partial charge on any atom is -0.397 e. The van der Waals surface area contributed by atoms with E-state index in [1.54, 1.807) is 18.2 Å². The van der Waals surface area contributed by atoms with Gasteiger partial charge in [-0.2, -0.15) is 4.98 Å². The van der Waals surface area contributed by atoms with Gasteiger partial charge in [-0.3, -0.25) is 0 Å². The van der Waals surface area contributed by atoms with E-state index >= 15 is 0 Å². The molecular weight excluding hydrogens is 278 g/mol. The van der Waals surface area contributed by atoms with E-state index in [1.807, 2.05) is 20.8 Å². The van der Waals surface area contributed by atoms with E-state index in [-0.39, 0.29) is 0 Å². The molecule has 0 aliphatic carbocycles. The van der Waals surface area contributed by atoms with Crippen LogP contribution in [0.3, 0.4) is 0 Å². The molecule has 0 aliphatic heterocycles. The van der Waals surface area contributed by atoms with Crippen molar-refractivity contribution < 1.29 is 9.26 Å². The summed E-state index contributed by atoms with van der Waals surface area (Å²) in [5, 5.41) is 4.48. The second-order valence-corrected chi connectivity index (χ2v) is 5.05. The molecule has 1 heterocycles. The van der Waals surface area contributed by atoms with Crippen LogP contribution >= 0.6 is 11.6 Å². The Morgan fingerprint density at radius 3 is 2.80 bits per heavy atom. The molecule has 0 saturated heterocycles. The molecule has 0 aliphatic rings. The summed E-state index contributed by atoms with van der Waals surface area (Å²) in [6, 6.07) is 5.30. The van der Waals surface area contributed by atoms with Crippen molar-refractivity contribution in [2.24, 2.45) is 0 Å². The lowest BCUT2D eigenvalue weighted by Gasteiger charge is -2.23. The highest BCUT2D eigenvalue weighted by Crippen LogP contribution is 2.33. The van der Waals surface area contributed by atoms with Crippen molar-refractivity contribution in [3.63, 3.8) is 0 Å². The molecule has 1 aromatic heterocycles. The zero-order valence-corrected chi connectivity index (χ0v) is 12.6. The number of benzene rings is 1. The highest BCUT2D eigenvalue weighted by atomic mass is 35.5. The second-order valence-electron chi connectivity index (χ2n) is 4.64. The molecule has 0 spiro atoms. The van der Waals surface area contributed by atoms with Crippen LogP contribution in [0.2, 0.25) is 5.02 Å². The van der Waals surface area contributed by atoms with Crippen LogP contribution < -0.4 is 5.73 Å². The minimum absolute atomic E-state index is 0.347. The first-order chi connectivity index (χ1) is 9.51. The lowest BCUT2D eigenvalue weighted by atomic mass is 10.0. The molecule has 2 N–H and O–H groups in total. The number of hydrogen-bond acceptors (Lipinski definition) is 5. The van der Waals surface area contributed by atoms with Crippen LogP contribution in [-0.4, -0.2) is 16.7 Å². The normalized spacial score (nSPS) is 14.2. The fraction of sp³-hybridized carbons (Fsp3) is 0.429. The maximum absolute atomic E-state index is 6.00. The quantitative estimate of drug-likeness (QED) is 0.853. The molecule has 0 amide bonds. The van der Waals surface area contributed by atoms with Crippen LogP contribution in [0.4, 0.5) is 5.69 Å². The summed E-state index contributed by atoms with van der Waals surface area (Å²) in [6.45, 7) is 6.46. The Balaban J connectivity index is 2.40. The first kappa shape index (κ1) is 14.8. The molecule has 1 aromatic carbocycles. The molecular formula is C14H18ClN3O2. The van der Waals surface area contributed by atoms with E-state index in [0.717, 1.165) is 6.42 Å². The van der Waals surface area contributed by atoms with Gasteiger partial charge in [0.2, 0.25) is 5.82 Å². The van der Waals surface area contributed by atoms with Crippen molar-refractivity contribution in [3.05, 3.63) is 29.0 Å². The molecule has 5 nitrogen and oxygen atoms in total. The summed E-state index contributed by atoms with van der Waals surface area (Å²) >= 11 is 6.00. The van der Waals surface area contributed by atoms with Crippen LogP contribution in [0, 0.1) is 0 Å². The first-order valence-electron chi connectivity index (χ1n) is 6.54. The third-order valence-corrected chi connectivity index (χ3v) is 3.65. The van der Waals surface area contributed by atoms with E-state index in [4.69, 9.17) is 26.6 Å². The predicted octanol–water partition coefficient (Wildman–Crippen LogP) is 3.63. The van der Waals surface area contributed by atoms with Gasteiger partial charge in [0.25, 0.3) is 5.89 Å². The van der Waals surface area contributed by atoms with Crippen LogP contribution in [0.15, 0.2) is 22.7 Å². The van der Waals surface area contributed by atoms with E-state index in [0.29, 0.717) is 34.6 Å². The van der Waals surface area contributed by atoms with E-state index in [9.17, 15) is 0 Å². The second kappa shape index (κ2) is 5.81. The van der Waals surface area contributed by atoms with Gasteiger partial charge in [0.05, 0.1) is 16.3 Å². The molecule has 0 bridgehead atoms. The summed E-state index contributed by atoms with van der Waals surface area (Å²) in [5.74, 6) is 0.857. The Labute approximate surface area is 123 Å². The molecule has 0 saturated carbocycles. The maximum Gasteiger partial charge on any atom is 0.260 e. The third kappa shape index (κ3) is 2.64. The summed E-state index contributed by atoms with van der Waals surface area (Å²) in [6.07, 6.45) is 0.741. The van der Waals surface area contributed by atoms with E-state index in [2.05, 4.69) is 10.1 Å².